The van der Waals surface area contributed by atoms with Gasteiger partial charge in [-0.25, -0.2) is 0 Å². The van der Waals surface area contributed by atoms with Gasteiger partial charge < -0.3 is 15.6 Å². The number of carbonyl (C=O) groups is 1. The number of ether oxygens (including phenoxy) is 1. The van der Waals surface area contributed by atoms with Gasteiger partial charge in [-0.2, -0.15) is 0 Å². The van der Waals surface area contributed by atoms with E-state index in [0.717, 1.165) is 17.7 Å². The summed E-state index contributed by atoms with van der Waals surface area (Å²) in [5, 5.41) is 10.4. The first-order valence-electron chi connectivity index (χ1n) is 6.99. The highest BCUT2D eigenvalue weighted by atomic mass is 35.5. The van der Waals surface area contributed by atoms with E-state index in [1.165, 1.54) is 0 Å². The molecule has 0 aliphatic carbocycles. The molecule has 0 aliphatic heterocycles. The van der Waals surface area contributed by atoms with Crippen LogP contribution in [0.3, 0.4) is 0 Å². The average Bonchev–Trinajstić information content (AvgIpc) is 2.52. The Morgan fingerprint density at radius 3 is 2.68 bits per heavy atom. The second-order valence-corrected chi connectivity index (χ2v) is 5.33. The minimum absolute atomic E-state index is 0.192. The Balaban J connectivity index is 2.25. The molecule has 0 bridgehead atoms. The van der Waals surface area contributed by atoms with Crippen LogP contribution in [0.2, 0.25) is 5.02 Å². The van der Waals surface area contributed by atoms with Crippen LogP contribution in [-0.4, -0.2) is 11.0 Å². The lowest BCUT2D eigenvalue weighted by atomic mass is 10.0. The highest BCUT2D eigenvalue weighted by Crippen LogP contribution is 2.25. The molecule has 0 saturated carbocycles. The number of amides is 1. The molecule has 116 valence electrons. The van der Waals surface area contributed by atoms with Crippen LogP contribution in [0, 0.1) is 0 Å². The Morgan fingerprint density at radius 1 is 1.27 bits per heavy atom. The molecule has 3 N–H and O–H groups in total. The third kappa shape index (κ3) is 3.78. The number of nitrogens with two attached hydrogens (primary N) is 1. The minimum atomic E-state index is -1.38. The number of primary amides is 1. The number of para-hydroxylation sites is 1. The second kappa shape index (κ2) is 7.29. The number of aryl methyl sites for hydroxylation is 1. The molecule has 0 aromatic heterocycles. The number of hydrogen-bond acceptors (Lipinski definition) is 3. The highest BCUT2D eigenvalue weighted by molar-refractivity contribution is 6.30. The summed E-state index contributed by atoms with van der Waals surface area (Å²) >= 11 is 5.99. The summed E-state index contributed by atoms with van der Waals surface area (Å²) in [6.07, 6.45) is -0.528. The third-order valence-corrected chi connectivity index (χ3v) is 3.64. The van der Waals surface area contributed by atoms with Crippen molar-refractivity contribution in [2.45, 2.75) is 26.1 Å². The Bertz CT molecular complexity index is 673. The van der Waals surface area contributed by atoms with Crippen molar-refractivity contribution < 1.29 is 14.6 Å². The molecule has 0 heterocycles. The molecule has 0 aliphatic rings. The first-order chi connectivity index (χ1) is 10.5. The van der Waals surface area contributed by atoms with Gasteiger partial charge >= 0.3 is 0 Å². The topological polar surface area (TPSA) is 72.6 Å². The van der Waals surface area contributed by atoms with Crippen molar-refractivity contribution in [3.63, 3.8) is 0 Å². The average molecular weight is 320 g/mol. The molecule has 4 nitrogen and oxygen atoms in total. The largest absolute Gasteiger partial charge is 0.489 e. The fourth-order valence-electron chi connectivity index (χ4n) is 2.21. The molecule has 1 atom stereocenters. The summed E-state index contributed by atoms with van der Waals surface area (Å²) in [4.78, 5) is 11.2. The van der Waals surface area contributed by atoms with E-state index in [-0.39, 0.29) is 6.61 Å². The molecule has 22 heavy (non-hydrogen) atoms. The van der Waals surface area contributed by atoms with E-state index in [9.17, 15) is 9.90 Å². The summed E-state index contributed by atoms with van der Waals surface area (Å²) in [5.41, 5.74) is 7.29. The molecule has 2 aromatic carbocycles. The van der Waals surface area contributed by atoms with Crippen molar-refractivity contribution in [2.75, 3.05) is 0 Å². The van der Waals surface area contributed by atoms with Gasteiger partial charge in [0.05, 0.1) is 0 Å². The van der Waals surface area contributed by atoms with Crippen LogP contribution >= 0.6 is 11.6 Å². The van der Waals surface area contributed by atoms with E-state index in [1.807, 2.05) is 31.2 Å². The smallest absolute Gasteiger partial charge is 0.250 e. The molecule has 0 radical (unpaired) electrons. The molecular weight excluding hydrogens is 302 g/mol. The van der Waals surface area contributed by atoms with Crippen molar-refractivity contribution in [3.05, 3.63) is 64.2 Å². The minimum Gasteiger partial charge on any atom is -0.489 e. The van der Waals surface area contributed by atoms with Crippen molar-refractivity contribution in [2.24, 2.45) is 5.73 Å². The van der Waals surface area contributed by atoms with Gasteiger partial charge in [0.1, 0.15) is 12.4 Å². The Kier molecular flexibility index (Phi) is 5.41. The molecule has 0 fully saturated rings. The zero-order valence-electron chi connectivity index (χ0n) is 12.3. The van der Waals surface area contributed by atoms with E-state index in [4.69, 9.17) is 22.1 Å². The number of aliphatic hydroxyl groups is 1. The van der Waals surface area contributed by atoms with Gasteiger partial charge in [-0.1, -0.05) is 42.8 Å². The molecule has 0 spiro atoms. The second-order valence-electron chi connectivity index (χ2n) is 4.90. The number of carbonyl (C=O) groups excluding carboxylic acids is 1. The number of rotatable bonds is 6. The van der Waals surface area contributed by atoms with E-state index < -0.39 is 12.0 Å². The van der Waals surface area contributed by atoms with Crippen molar-refractivity contribution in [1.82, 2.24) is 0 Å². The maximum Gasteiger partial charge on any atom is 0.250 e. The van der Waals surface area contributed by atoms with Gasteiger partial charge in [0, 0.05) is 5.02 Å². The maximum absolute atomic E-state index is 11.2. The van der Waals surface area contributed by atoms with Crippen LogP contribution in [0.25, 0.3) is 0 Å². The van der Waals surface area contributed by atoms with E-state index in [2.05, 4.69) is 0 Å². The summed E-state index contributed by atoms with van der Waals surface area (Å²) in [6.45, 7) is 2.24. The number of hydrogen-bond donors (Lipinski definition) is 2. The fourth-order valence-corrected chi connectivity index (χ4v) is 2.41. The number of benzene rings is 2. The van der Waals surface area contributed by atoms with E-state index in [0.29, 0.717) is 16.1 Å². The van der Waals surface area contributed by atoms with Gasteiger partial charge in [0.2, 0.25) is 0 Å². The summed E-state index contributed by atoms with van der Waals surface area (Å²) in [7, 11) is 0. The van der Waals surface area contributed by atoms with E-state index in [1.54, 1.807) is 18.2 Å². The van der Waals surface area contributed by atoms with Gasteiger partial charge in [0.15, 0.2) is 6.10 Å². The zero-order valence-corrected chi connectivity index (χ0v) is 13.0. The van der Waals surface area contributed by atoms with Gasteiger partial charge in [-0.05, 0) is 41.3 Å². The third-order valence-electron chi connectivity index (χ3n) is 3.41. The van der Waals surface area contributed by atoms with E-state index >= 15 is 0 Å². The first-order valence-corrected chi connectivity index (χ1v) is 7.37. The molecule has 5 heteroatoms. The van der Waals surface area contributed by atoms with Crippen LogP contribution < -0.4 is 10.5 Å². The lowest BCUT2D eigenvalue weighted by molar-refractivity contribution is -0.126. The van der Waals surface area contributed by atoms with Gasteiger partial charge in [-0.15, -0.1) is 0 Å². The summed E-state index contributed by atoms with van der Waals surface area (Å²) in [5.74, 6) is -0.0398. The number of aliphatic hydroxyl groups excluding tert-OH is 1. The predicted molar refractivity (Wildman–Crippen MR) is 85.8 cm³/mol. The Morgan fingerprint density at radius 2 is 2.00 bits per heavy atom. The molecule has 1 unspecified atom stereocenters. The predicted octanol–water partition coefficient (Wildman–Crippen LogP) is 3.00. The van der Waals surface area contributed by atoms with Crippen molar-refractivity contribution in [1.29, 1.82) is 0 Å². The maximum atomic E-state index is 11.2. The summed E-state index contributed by atoms with van der Waals surface area (Å²) < 4.78 is 5.82. The lowest BCUT2D eigenvalue weighted by Gasteiger charge is -2.15. The molecule has 0 saturated heterocycles. The quantitative estimate of drug-likeness (QED) is 0.859. The SMILES string of the molecule is CCc1ccccc1OCc1cc(Cl)ccc1C(O)C(N)=O. The van der Waals surface area contributed by atoms with Gasteiger partial charge in [-0.3, -0.25) is 4.79 Å². The number of halogens is 1. The summed E-state index contributed by atoms with van der Waals surface area (Å²) in [6, 6.07) is 12.6. The molecule has 2 aromatic rings. The van der Waals surface area contributed by atoms with Crippen molar-refractivity contribution in [3.8, 4) is 5.75 Å². The molecular formula is C17H18ClNO3. The normalized spacial score (nSPS) is 12.0. The van der Waals surface area contributed by atoms with Crippen LogP contribution in [0.1, 0.15) is 29.7 Å². The van der Waals surface area contributed by atoms with Crippen molar-refractivity contribution >= 4 is 17.5 Å². The van der Waals surface area contributed by atoms with Gasteiger partial charge in [0.25, 0.3) is 5.91 Å². The molecule has 1 amide bonds. The van der Waals surface area contributed by atoms with Crippen LogP contribution in [0.4, 0.5) is 0 Å². The fraction of sp³-hybridized carbons (Fsp3) is 0.235. The highest BCUT2D eigenvalue weighted by Gasteiger charge is 2.18. The lowest BCUT2D eigenvalue weighted by Crippen LogP contribution is -2.22. The van der Waals surface area contributed by atoms with Crippen LogP contribution in [0.5, 0.6) is 5.75 Å². The molecule has 2 rings (SSSR count). The monoisotopic (exact) mass is 319 g/mol. The Hall–Kier alpha value is -2.04. The zero-order chi connectivity index (χ0) is 16.1. The van der Waals surface area contributed by atoms with Crippen LogP contribution in [0.15, 0.2) is 42.5 Å². The van der Waals surface area contributed by atoms with Crippen LogP contribution in [-0.2, 0) is 17.8 Å². The Labute approximate surface area is 134 Å². The standard InChI is InChI=1S/C17H18ClNO3/c1-2-11-5-3-4-6-15(11)22-10-12-9-13(18)7-8-14(12)16(20)17(19)21/h3-9,16,20H,2,10H2,1H3,(H2,19,21). The first kappa shape index (κ1) is 16.3.